The number of hydrogen-bond acceptors (Lipinski definition) is 7. The highest BCUT2D eigenvalue weighted by Gasteiger charge is 2.20. The maximum absolute atomic E-state index is 13.7. The summed E-state index contributed by atoms with van der Waals surface area (Å²) < 4.78 is 27.4. The number of fused-ring (bicyclic) bond motifs is 1. The van der Waals surface area contributed by atoms with Gasteiger partial charge in [0.2, 0.25) is 5.43 Å². The molecule has 0 amide bonds. The van der Waals surface area contributed by atoms with Gasteiger partial charge in [-0.05, 0) is 37.5 Å². The SMILES string of the molecule is CCOC(=O)CCCCCCCCc1oc2cc(OC)cc(OC)c2c(=O)c1-c1ccc(OC)cc1. The molecule has 0 saturated heterocycles. The van der Waals surface area contributed by atoms with Crippen LogP contribution in [-0.4, -0.2) is 33.9 Å². The second-order valence-electron chi connectivity index (χ2n) is 8.59. The van der Waals surface area contributed by atoms with Crippen LogP contribution in [0.15, 0.2) is 45.6 Å². The van der Waals surface area contributed by atoms with Crippen molar-refractivity contribution in [3.05, 3.63) is 52.4 Å². The normalized spacial score (nSPS) is 10.9. The van der Waals surface area contributed by atoms with Gasteiger partial charge in [-0.15, -0.1) is 0 Å². The summed E-state index contributed by atoms with van der Waals surface area (Å²) in [5.41, 5.74) is 1.64. The van der Waals surface area contributed by atoms with E-state index in [4.69, 9.17) is 23.4 Å². The lowest BCUT2D eigenvalue weighted by atomic mass is 9.98. The van der Waals surface area contributed by atoms with Crippen LogP contribution in [0.25, 0.3) is 22.1 Å². The average molecular weight is 497 g/mol. The number of ether oxygens (including phenoxy) is 4. The zero-order valence-electron chi connectivity index (χ0n) is 21.7. The van der Waals surface area contributed by atoms with Gasteiger partial charge in [0.25, 0.3) is 0 Å². The van der Waals surface area contributed by atoms with Crippen LogP contribution in [-0.2, 0) is 16.0 Å². The van der Waals surface area contributed by atoms with Crippen LogP contribution in [0.1, 0.15) is 57.6 Å². The third-order valence-corrected chi connectivity index (χ3v) is 6.18. The minimum absolute atomic E-state index is 0.122. The van der Waals surface area contributed by atoms with Gasteiger partial charge in [-0.2, -0.15) is 0 Å². The second kappa shape index (κ2) is 13.6. The van der Waals surface area contributed by atoms with Crippen LogP contribution >= 0.6 is 0 Å². The topological polar surface area (TPSA) is 84.2 Å². The van der Waals surface area contributed by atoms with E-state index in [-0.39, 0.29) is 11.4 Å². The highest BCUT2D eigenvalue weighted by Crippen LogP contribution is 2.34. The third kappa shape index (κ3) is 6.80. The van der Waals surface area contributed by atoms with E-state index in [1.165, 1.54) is 7.11 Å². The highest BCUT2D eigenvalue weighted by atomic mass is 16.5. The van der Waals surface area contributed by atoms with Crippen molar-refractivity contribution in [3.63, 3.8) is 0 Å². The Morgan fingerprint density at radius 2 is 1.50 bits per heavy atom. The Bertz CT molecular complexity index is 1190. The van der Waals surface area contributed by atoms with Gasteiger partial charge in [-0.25, -0.2) is 0 Å². The summed E-state index contributed by atoms with van der Waals surface area (Å²) in [5, 5.41) is 0.398. The number of carbonyl (C=O) groups is 1. The molecule has 3 aromatic rings. The van der Waals surface area contributed by atoms with Crippen molar-refractivity contribution in [2.75, 3.05) is 27.9 Å². The first-order chi connectivity index (χ1) is 17.5. The summed E-state index contributed by atoms with van der Waals surface area (Å²) in [6, 6.07) is 10.8. The Hall–Kier alpha value is -3.48. The Morgan fingerprint density at radius 1 is 0.833 bits per heavy atom. The van der Waals surface area contributed by atoms with Gasteiger partial charge < -0.3 is 23.4 Å². The highest BCUT2D eigenvalue weighted by molar-refractivity contribution is 5.89. The standard InChI is InChI=1S/C29H36O7/c1-5-35-26(30)13-11-9-7-6-8-10-12-23-27(20-14-16-21(32-2)17-15-20)29(31)28-24(34-4)18-22(33-3)19-25(28)36-23/h14-19H,5-13H2,1-4H3. The molecule has 1 aromatic heterocycles. The number of benzene rings is 2. The fourth-order valence-corrected chi connectivity index (χ4v) is 4.31. The van der Waals surface area contributed by atoms with E-state index in [0.29, 0.717) is 53.2 Å². The molecule has 7 nitrogen and oxygen atoms in total. The van der Waals surface area contributed by atoms with Crippen molar-refractivity contribution in [2.24, 2.45) is 0 Å². The van der Waals surface area contributed by atoms with Crippen molar-refractivity contribution in [2.45, 2.75) is 58.3 Å². The van der Waals surface area contributed by atoms with Crippen LogP contribution < -0.4 is 19.6 Å². The first-order valence-electron chi connectivity index (χ1n) is 12.5. The molecular weight excluding hydrogens is 460 g/mol. The number of methoxy groups -OCH3 is 3. The molecule has 0 atom stereocenters. The van der Waals surface area contributed by atoms with Gasteiger partial charge in [-0.1, -0.05) is 37.8 Å². The van der Waals surface area contributed by atoms with Gasteiger partial charge >= 0.3 is 5.97 Å². The summed E-state index contributed by atoms with van der Waals surface area (Å²) in [5.74, 6) is 2.23. The first kappa shape index (κ1) is 27.1. The van der Waals surface area contributed by atoms with Gasteiger partial charge in [0.1, 0.15) is 34.0 Å². The van der Waals surface area contributed by atoms with Crippen molar-refractivity contribution in [1.29, 1.82) is 0 Å². The predicted octanol–water partition coefficient (Wildman–Crippen LogP) is 6.32. The molecule has 3 rings (SSSR count). The lowest BCUT2D eigenvalue weighted by molar-refractivity contribution is -0.143. The summed E-state index contributed by atoms with van der Waals surface area (Å²) in [4.78, 5) is 25.2. The van der Waals surface area contributed by atoms with Crippen LogP contribution in [0, 0.1) is 0 Å². The Morgan fingerprint density at radius 3 is 2.14 bits per heavy atom. The Kier molecular flexibility index (Phi) is 10.2. The zero-order valence-corrected chi connectivity index (χ0v) is 21.7. The maximum atomic E-state index is 13.7. The number of hydrogen-bond donors (Lipinski definition) is 0. The third-order valence-electron chi connectivity index (χ3n) is 6.18. The molecule has 0 aliphatic carbocycles. The fraction of sp³-hybridized carbons (Fsp3) is 0.448. The van der Waals surface area contributed by atoms with Crippen molar-refractivity contribution >= 4 is 16.9 Å². The van der Waals surface area contributed by atoms with E-state index < -0.39 is 0 Å². The smallest absolute Gasteiger partial charge is 0.305 e. The van der Waals surface area contributed by atoms with Crippen LogP contribution in [0.2, 0.25) is 0 Å². The molecule has 2 aromatic carbocycles. The molecule has 0 aliphatic rings. The number of rotatable bonds is 14. The van der Waals surface area contributed by atoms with Gasteiger partial charge in [0.15, 0.2) is 0 Å². The van der Waals surface area contributed by atoms with E-state index in [0.717, 1.165) is 49.8 Å². The molecule has 0 aliphatic heterocycles. The van der Waals surface area contributed by atoms with E-state index in [1.54, 1.807) is 26.4 Å². The van der Waals surface area contributed by atoms with Crippen molar-refractivity contribution in [1.82, 2.24) is 0 Å². The van der Waals surface area contributed by atoms with E-state index in [2.05, 4.69) is 0 Å². The molecule has 0 unspecified atom stereocenters. The molecule has 1 heterocycles. The zero-order chi connectivity index (χ0) is 25.9. The van der Waals surface area contributed by atoms with E-state index in [9.17, 15) is 9.59 Å². The second-order valence-corrected chi connectivity index (χ2v) is 8.59. The number of aryl methyl sites for hydroxylation is 1. The molecule has 0 fully saturated rings. The van der Waals surface area contributed by atoms with Gasteiger partial charge in [-0.3, -0.25) is 9.59 Å². The molecule has 0 bridgehead atoms. The molecule has 7 heteroatoms. The Balaban J connectivity index is 1.79. The predicted molar refractivity (Wildman–Crippen MR) is 140 cm³/mol. The number of esters is 1. The van der Waals surface area contributed by atoms with E-state index in [1.807, 2.05) is 31.2 Å². The molecular formula is C29H36O7. The van der Waals surface area contributed by atoms with Crippen molar-refractivity contribution < 1.29 is 28.2 Å². The molecule has 194 valence electrons. The average Bonchev–Trinajstić information content (AvgIpc) is 2.89. The quantitative estimate of drug-likeness (QED) is 0.191. The molecule has 36 heavy (non-hydrogen) atoms. The number of carbonyl (C=O) groups excluding carboxylic acids is 1. The number of unbranched alkanes of at least 4 members (excludes halogenated alkanes) is 5. The monoisotopic (exact) mass is 496 g/mol. The lowest BCUT2D eigenvalue weighted by Gasteiger charge is -2.14. The van der Waals surface area contributed by atoms with Crippen LogP contribution in [0.5, 0.6) is 17.2 Å². The van der Waals surface area contributed by atoms with Crippen LogP contribution in [0.4, 0.5) is 0 Å². The summed E-state index contributed by atoms with van der Waals surface area (Å²) >= 11 is 0. The summed E-state index contributed by atoms with van der Waals surface area (Å²) in [7, 11) is 4.71. The Labute approximate surface area is 212 Å². The molecule has 0 N–H and O–H groups in total. The molecule has 0 spiro atoms. The van der Waals surface area contributed by atoms with E-state index >= 15 is 0 Å². The fourth-order valence-electron chi connectivity index (χ4n) is 4.31. The van der Waals surface area contributed by atoms with Gasteiger partial charge in [0, 0.05) is 25.0 Å². The summed E-state index contributed by atoms with van der Waals surface area (Å²) in [6.45, 7) is 2.25. The molecule has 0 saturated carbocycles. The largest absolute Gasteiger partial charge is 0.497 e. The van der Waals surface area contributed by atoms with Crippen LogP contribution in [0.3, 0.4) is 0 Å². The van der Waals surface area contributed by atoms with Gasteiger partial charge in [0.05, 0.1) is 33.5 Å². The first-order valence-corrected chi connectivity index (χ1v) is 12.5. The minimum Gasteiger partial charge on any atom is -0.497 e. The lowest BCUT2D eigenvalue weighted by Crippen LogP contribution is -2.11. The van der Waals surface area contributed by atoms with Crippen molar-refractivity contribution in [3.8, 4) is 28.4 Å². The minimum atomic E-state index is -0.130. The maximum Gasteiger partial charge on any atom is 0.305 e. The summed E-state index contributed by atoms with van der Waals surface area (Å²) in [6.07, 6.45) is 6.97. The molecule has 0 radical (unpaired) electrons.